The fraction of sp³-hybridized carbons (Fsp3) is 0.882. The third-order valence-corrected chi connectivity index (χ3v) is 3.40. The van der Waals surface area contributed by atoms with Crippen LogP contribution in [0.1, 0.15) is 45.2 Å². The van der Waals surface area contributed by atoms with E-state index in [1.54, 1.807) is 4.68 Å². The molecule has 0 radical (unpaired) electrons. The summed E-state index contributed by atoms with van der Waals surface area (Å²) >= 11 is 0. The Morgan fingerprint density at radius 3 is 2.58 bits per heavy atom. The average Bonchev–Trinajstić information content (AvgIpc) is 3.04. The summed E-state index contributed by atoms with van der Waals surface area (Å²) in [5.41, 5.74) is 0.836. The zero-order valence-corrected chi connectivity index (χ0v) is 15.3. The van der Waals surface area contributed by atoms with Crippen molar-refractivity contribution >= 4 is 0 Å². The fourth-order valence-electron chi connectivity index (χ4n) is 2.08. The van der Waals surface area contributed by atoms with Gasteiger partial charge in [-0.2, -0.15) is 0 Å². The number of rotatable bonds is 17. The van der Waals surface area contributed by atoms with Gasteiger partial charge >= 0.3 is 0 Å². The molecule has 1 heterocycles. The van der Waals surface area contributed by atoms with Crippen LogP contribution in [0.5, 0.6) is 0 Å². The van der Waals surface area contributed by atoms with Gasteiger partial charge in [0.1, 0.15) is 5.69 Å². The first-order valence-corrected chi connectivity index (χ1v) is 9.19. The summed E-state index contributed by atoms with van der Waals surface area (Å²) in [5.74, 6) is 0. The highest BCUT2D eigenvalue weighted by atomic mass is 16.5. The molecule has 0 fully saturated rings. The highest BCUT2D eigenvalue weighted by Crippen LogP contribution is 1.96. The van der Waals surface area contributed by atoms with E-state index in [-0.39, 0.29) is 0 Å². The zero-order chi connectivity index (χ0) is 17.3. The van der Waals surface area contributed by atoms with Crippen molar-refractivity contribution in [2.75, 3.05) is 46.1 Å². The first-order chi connectivity index (χ1) is 11.9. The smallest absolute Gasteiger partial charge is 0.108 e. The van der Waals surface area contributed by atoms with Crippen molar-refractivity contribution < 1.29 is 14.2 Å². The van der Waals surface area contributed by atoms with Gasteiger partial charge in [-0.05, 0) is 19.4 Å². The van der Waals surface area contributed by atoms with E-state index in [4.69, 9.17) is 14.2 Å². The lowest BCUT2D eigenvalue weighted by Gasteiger charge is -2.06. The fourth-order valence-corrected chi connectivity index (χ4v) is 2.08. The number of unbranched alkanes of at least 4 members (excludes halogenated alkanes) is 2. The van der Waals surface area contributed by atoms with Crippen LogP contribution in [-0.4, -0.2) is 61.1 Å². The SMILES string of the molecule is CCCCCNCCOCCOCc1cn(CCOCCC)nn1. The Kier molecular flexibility index (Phi) is 13.6. The maximum absolute atomic E-state index is 5.54. The molecule has 1 rings (SSSR count). The molecule has 140 valence electrons. The lowest BCUT2D eigenvalue weighted by molar-refractivity contribution is 0.0405. The summed E-state index contributed by atoms with van der Waals surface area (Å²) in [7, 11) is 0. The van der Waals surface area contributed by atoms with E-state index in [2.05, 4.69) is 29.5 Å². The van der Waals surface area contributed by atoms with Crippen LogP contribution in [0, 0.1) is 0 Å². The standard InChI is InChI=1S/C17H34N4O3/c1-3-5-6-7-18-8-11-23-13-14-24-16-17-15-21(20-19-17)9-12-22-10-4-2/h15,18H,3-14,16H2,1-2H3. The third-order valence-electron chi connectivity index (χ3n) is 3.40. The highest BCUT2D eigenvalue weighted by molar-refractivity contribution is 4.89. The van der Waals surface area contributed by atoms with E-state index < -0.39 is 0 Å². The molecule has 0 spiro atoms. The monoisotopic (exact) mass is 342 g/mol. The summed E-state index contributed by atoms with van der Waals surface area (Å²) in [4.78, 5) is 0. The van der Waals surface area contributed by atoms with Crippen LogP contribution in [0.4, 0.5) is 0 Å². The molecule has 24 heavy (non-hydrogen) atoms. The number of aromatic nitrogens is 3. The third kappa shape index (κ3) is 11.5. The molecular formula is C17H34N4O3. The number of hydrogen-bond donors (Lipinski definition) is 1. The van der Waals surface area contributed by atoms with E-state index in [1.807, 2.05) is 6.20 Å². The number of nitrogens with one attached hydrogen (secondary N) is 1. The van der Waals surface area contributed by atoms with Crippen molar-refractivity contribution in [3.63, 3.8) is 0 Å². The van der Waals surface area contributed by atoms with Gasteiger partial charge in [0.05, 0.1) is 45.8 Å². The van der Waals surface area contributed by atoms with Gasteiger partial charge in [-0.1, -0.05) is 31.9 Å². The quantitative estimate of drug-likeness (QED) is 0.437. The highest BCUT2D eigenvalue weighted by Gasteiger charge is 2.01. The second kappa shape index (κ2) is 15.5. The topological polar surface area (TPSA) is 70.4 Å². The Labute approximate surface area is 146 Å². The van der Waals surface area contributed by atoms with Crippen molar-refractivity contribution in [2.24, 2.45) is 0 Å². The normalized spacial score (nSPS) is 11.2. The van der Waals surface area contributed by atoms with Gasteiger partial charge in [-0.15, -0.1) is 5.10 Å². The van der Waals surface area contributed by atoms with E-state index in [0.29, 0.717) is 26.4 Å². The van der Waals surface area contributed by atoms with Crippen LogP contribution in [0.15, 0.2) is 6.20 Å². The average molecular weight is 342 g/mol. The molecule has 1 aromatic heterocycles. The second-order valence-electron chi connectivity index (χ2n) is 5.71. The van der Waals surface area contributed by atoms with E-state index in [9.17, 15) is 0 Å². The Morgan fingerprint density at radius 2 is 1.75 bits per heavy atom. The molecule has 0 aliphatic heterocycles. The maximum atomic E-state index is 5.54. The van der Waals surface area contributed by atoms with Crippen molar-refractivity contribution in [1.29, 1.82) is 0 Å². The van der Waals surface area contributed by atoms with Crippen molar-refractivity contribution in [3.05, 3.63) is 11.9 Å². The van der Waals surface area contributed by atoms with Crippen LogP contribution in [0.3, 0.4) is 0 Å². The van der Waals surface area contributed by atoms with Crippen molar-refractivity contribution in [2.45, 2.75) is 52.7 Å². The van der Waals surface area contributed by atoms with Gasteiger partial charge in [0.15, 0.2) is 0 Å². The molecule has 0 aliphatic rings. The van der Waals surface area contributed by atoms with Crippen LogP contribution in [0.25, 0.3) is 0 Å². The van der Waals surface area contributed by atoms with Crippen LogP contribution in [0.2, 0.25) is 0 Å². The van der Waals surface area contributed by atoms with Gasteiger partial charge in [0.2, 0.25) is 0 Å². The second-order valence-corrected chi connectivity index (χ2v) is 5.71. The van der Waals surface area contributed by atoms with Crippen LogP contribution >= 0.6 is 0 Å². The number of nitrogens with zero attached hydrogens (tertiary/aromatic N) is 3. The summed E-state index contributed by atoms with van der Waals surface area (Å²) < 4.78 is 18.3. The Hall–Kier alpha value is -1.02. The van der Waals surface area contributed by atoms with E-state index >= 15 is 0 Å². The predicted molar refractivity (Wildman–Crippen MR) is 94.0 cm³/mol. The molecule has 0 aromatic carbocycles. The summed E-state index contributed by atoms with van der Waals surface area (Å²) in [6.45, 7) is 10.8. The van der Waals surface area contributed by atoms with E-state index in [0.717, 1.165) is 45.0 Å². The molecule has 0 bridgehead atoms. The molecule has 0 atom stereocenters. The molecule has 1 aromatic rings. The lowest BCUT2D eigenvalue weighted by Crippen LogP contribution is -2.21. The minimum absolute atomic E-state index is 0.467. The Bertz CT molecular complexity index is 388. The molecular weight excluding hydrogens is 308 g/mol. The van der Waals surface area contributed by atoms with E-state index in [1.165, 1.54) is 19.3 Å². The van der Waals surface area contributed by atoms with Gasteiger partial charge in [0.25, 0.3) is 0 Å². The molecule has 0 amide bonds. The van der Waals surface area contributed by atoms with Crippen molar-refractivity contribution in [1.82, 2.24) is 20.3 Å². The summed E-state index contributed by atoms with van der Waals surface area (Å²) in [6, 6.07) is 0. The van der Waals surface area contributed by atoms with Gasteiger partial charge in [0, 0.05) is 13.2 Å². The first-order valence-electron chi connectivity index (χ1n) is 9.19. The molecule has 0 saturated heterocycles. The molecule has 7 heteroatoms. The summed E-state index contributed by atoms with van der Waals surface area (Å²) in [6.07, 6.45) is 6.73. The molecule has 7 nitrogen and oxygen atoms in total. The Morgan fingerprint density at radius 1 is 0.917 bits per heavy atom. The van der Waals surface area contributed by atoms with Crippen LogP contribution in [-0.2, 0) is 27.4 Å². The first kappa shape index (κ1) is 21.0. The molecule has 0 unspecified atom stereocenters. The van der Waals surface area contributed by atoms with Gasteiger partial charge in [-0.25, -0.2) is 4.68 Å². The molecule has 0 aliphatic carbocycles. The van der Waals surface area contributed by atoms with Gasteiger partial charge in [-0.3, -0.25) is 0 Å². The summed E-state index contributed by atoms with van der Waals surface area (Å²) in [5, 5.41) is 11.5. The Balaban J connectivity index is 1.90. The lowest BCUT2D eigenvalue weighted by atomic mass is 10.2. The predicted octanol–water partition coefficient (Wildman–Crippen LogP) is 2.02. The number of ether oxygens (including phenoxy) is 3. The largest absolute Gasteiger partial charge is 0.380 e. The number of hydrogen-bond acceptors (Lipinski definition) is 6. The maximum Gasteiger partial charge on any atom is 0.108 e. The minimum atomic E-state index is 0.467. The van der Waals surface area contributed by atoms with Crippen molar-refractivity contribution in [3.8, 4) is 0 Å². The molecule has 0 saturated carbocycles. The van der Waals surface area contributed by atoms with Gasteiger partial charge < -0.3 is 19.5 Å². The molecule has 1 N–H and O–H groups in total. The van der Waals surface area contributed by atoms with Crippen LogP contribution < -0.4 is 5.32 Å². The zero-order valence-electron chi connectivity index (χ0n) is 15.3. The minimum Gasteiger partial charge on any atom is -0.380 e.